The topological polar surface area (TPSA) is 69.9 Å². The van der Waals surface area contributed by atoms with E-state index in [9.17, 15) is 8.78 Å². The minimum absolute atomic E-state index is 0.0472. The molecule has 20 heavy (non-hydrogen) atoms. The molecule has 0 saturated heterocycles. The predicted octanol–water partition coefficient (Wildman–Crippen LogP) is 2.78. The first kappa shape index (κ1) is 12.9. The molecular weight excluding hydrogens is 262 g/mol. The largest absolute Gasteiger partial charge is 0.382 e. The van der Waals surface area contributed by atoms with Gasteiger partial charge in [0.2, 0.25) is 0 Å². The maximum absolute atomic E-state index is 13.8. The fraction of sp³-hybridized carbons (Fsp3) is 0.357. The van der Waals surface area contributed by atoms with Crippen molar-refractivity contribution in [1.29, 1.82) is 0 Å². The Kier molecular flexibility index (Phi) is 3.08. The highest BCUT2D eigenvalue weighted by Crippen LogP contribution is 2.36. The minimum atomic E-state index is -0.561. The molecule has 4 nitrogen and oxygen atoms in total. The van der Waals surface area contributed by atoms with Crippen molar-refractivity contribution in [3.8, 4) is 11.3 Å². The quantitative estimate of drug-likeness (QED) is 0.830. The van der Waals surface area contributed by atoms with Crippen molar-refractivity contribution >= 4 is 5.82 Å². The van der Waals surface area contributed by atoms with Crippen LogP contribution in [0.4, 0.5) is 14.6 Å². The molecule has 2 aromatic rings. The van der Waals surface area contributed by atoms with Crippen LogP contribution in [0.5, 0.6) is 0 Å². The lowest BCUT2D eigenvalue weighted by Gasteiger charge is -2.08. The minimum Gasteiger partial charge on any atom is -0.382 e. The van der Waals surface area contributed by atoms with Gasteiger partial charge in [-0.25, -0.2) is 18.4 Å². The highest BCUT2D eigenvalue weighted by molar-refractivity contribution is 5.71. The van der Waals surface area contributed by atoms with E-state index in [1.54, 1.807) is 0 Å². The van der Waals surface area contributed by atoms with E-state index < -0.39 is 11.6 Å². The van der Waals surface area contributed by atoms with Gasteiger partial charge in [-0.05, 0) is 31.0 Å². The number of anilines is 1. The smallest absolute Gasteiger partial charge is 0.150 e. The zero-order valence-corrected chi connectivity index (χ0v) is 10.9. The summed E-state index contributed by atoms with van der Waals surface area (Å²) in [4.78, 5) is 4.37. The normalized spacial score (nSPS) is 15.9. The van der Waals surface area contributed by atoms with Crippen LogP contribution in [0.2, 0.25) is 0 Å². The number of hydrogen-bond donors (Lipinski definition) is 2. The zero-order valence-electron chi connectivity index (χ0n) is 10.9. The van der Waals surface area contributed by atoms with Crippen molar-refractivity contribution in [2.75, 3.05) is 11.6 Å². The lowest BCUT2D eigenvalue weighted by Crippen LogP contribution is -2.17. The maximum atomic E-state index is 13.8. The van der Waals surface area contributed by atoms with Crippen molar-refractivity contribution < 1.29 is 8.78 Å². The average Bonchev–Trinajstić information content (AvgIpc) is 3.04. The molecule has 106 valence electrons. The van der Waals surface area contributed by atoms with Crippen LogP contribution in [-0.4, -0.2) is 9.66 Å². The Labute approximate surface area is 115 Å². The lowest BCUT2D eigenvalue weighted by molar-refractivity contribution is 0.602. The van der Waals surface area contributed by atoms with Crippen LogP contribution in [0.3, 0.4) is 0 Å². The van der Waals surface area contributed by atoms with Gasteiger partial charge in [0, 0.05) is 11.5 Å². The summed E-state index contributed by atoms with van der Waals surface area (Å²) in [6.45, 7) is 0. The van der Waals surface area contributed by atoms with Gasteiger partial charge in [0.1, 0.15) is 23.2 Å². The number of nitrogen functional groups attached to an aromatic ring is 2. The molecule has 1 aromatic carbocycles. The van der Waals surface area contributed by atoms with Crippen LogP contribution in [0.25, 0.3) is 11.3 Å². The number of nitrogens with zero attached hydrogens (tertiary/aromatic N) is 2. The van der Waals surface area contributed by atoms with Gasteiger partial charge in [0.25, 0.3) is 0 Å². The third-order valence-electron chi connectivity index (χ3n) is 3.88. The van der Waals surface area contributed by atoms with E-state index in [-0.39, 0.29) is 23.0 Å². The number of halogens is 2. The molecule has 0 spiro atoms. The van der Waals surface area contributed by atoms with Crippen LogP contribution in [0, 0.1) is 11.6 Å². The fourth-order valence-electron chi connectivity index (χ4n) is 2.81. The predicted molar refractivity (Wildman–Crippen MR) is 73.4 cm³/mol. The van der Waals surface area contributed by atoms with E-state index in [0.29, 0.717) is 5.82 Å². The number of hydrogen-bond acceptors (Lipinski definition) is 3. The molecule has 0 bridgehead atoms. The molecule has 0 aliphatic heterocycles. The Balaban J connectivity index is 2.10. The van der Waals surface area contributed by atoms with Crippen LogP contribution in [-0.2, 0) is 0 Å². The molecule has 1 heterocycles. The van der Waals surface area contributed by atoms with Crippen molar-refractivity contribution in [2.45, 2.75) is 31.6 Å². The van der Waals surface area contributed by atoms with Gasteiger partial charge >= 0.3 is 0 Å². The second kappa shape index (κ2) is 4.77. The SMILES string of the molecule is Nc1c(-c2cc(F)ccc2F)nc(C2CCCC2)n1N. The summed E-state index contributed by atoms with van der Waals surface area (Å²) < 4.78 is 28.4. The molecule has 1 fully saturated rings. The third kappa shape index (κ3) is 2.01. The Bertz CT molecular complexity index is 645. The van der Waals surface area contributed by atoms with E-state index in [0.717, 1.165) is 43.9 Å². The highest BCUT2D eigenvalue weighted by atomic mass is 19.1. The van der Waals surface area contributed by atoms with Crippen LogP contribution in [0.1, 0.15) is 37.4 Å². The molecule has 0 atom stereocenters. The molecule has 0 unspecified atom stereocenters. The van der Waals surface area contributed by atoms with Gasteiger partial charge < -0.3 is 11.6 Å². The van der Waals surface area contributed by atoms with Gasteiger partial charge in [0.05, 0.1) is 0 Å². The number of imidazole rings is 1. The molecule has 3 rings (SSSR count). The second-order valence-corrected chi connectivity index (χ2v) is 5.18. The summed E-state index contributed by atoms with van der Waals surface area (Å²) in [5.41, 5.74) is 6.17. The number of nitrogens with two attached hydrogens (primary N) is 2. The van der Waals surface area contributed by atoms with Crippen LogP contribution in [0.15, 0.2) is 18.2 Å². The Morgan fingerprint density at radius 1 is 1.20 bits per heavy atom. The molecule has 0 radical (unpaired) electrons. The highest BCUT2D eigenvalue weighted by Gasteiger charge is 2.26. The van der Waals surface area contributed by atoms with Gasteiger partial charge in [-0.1, -0.05) is 12.8 Å². The van der Waals surface area contributed by atoms with Crippen molar-refractivity contribution in [3.63, 3.8) is 0 Å². The second-order valence-electron chi connectivity index (χ2n) is 5.18. The van der Waals surface area contributed by atoms with Gasteiger partial charge in [0.15, 0.2) is 5.82 Å². The van der Waals surface area contributed by atoms with E-state index in [1.807, 2.05) is 0 Å². The first-order valence-electron chi connectivity index (χ1n) is 6.66. The first-order chi connectivity index (χ1) is 9.58. The third-order valence-corrected chi connectivity index (χ3v) is 3.88. The van der Waals surface area contributed by atoms with Gasteiger partial charge in [-0.2, -0.15) is 0 Å². The van der Waals surface area contributed by atoms with Gasteiger partial charge in [-0.15, -0.1) is 0 Å². The summed E-state index contributed by atoms with van der Waals surface area (Å²) in [6, 6.07) is 3.22. The lowest BCUT2D eigenvalue weighted by atomic mass is 10.1. The van der Waals surface area contributed by atoms with E-state index in [2.05, 4.69) is 4.98 Å². The summed E-state index contributed by atoms with van der Waals surface area (Å²) in [5.74, 6) is 5.89. The Morgan fingerprint density at radius 3 is 2.60 bits per heavy atom. The summed E-state index contributed by atoms with van der Waals surface area (Å²) >= 11 is 0. The summed E-state index contributed by atoms with van der Waals surface area (Å²) in [7, 11) is 0. The molecule has 1 aromatic heterocycles. The van der Waals surface area contributed by atoms with Crippen molar-refractivity contribution in [3.05, 3.63) is 35.7 Å². The standard InChI is InChI=1S/C14H16F2N4/c15-9-5-6-11(16)10(7-9)12-13(17)20(18)14(19-12)8-3-1-2-4-8/h5-8H,1-4,17-18H2. The number of rotatable bonds is 2. The van der Waals surface area contributed by atoms with E-state index in [1.165, 1.54) is 4.68 Å². The maximum Gasteiger partial charge on any atom is 0.150 e. The van der Waals surface area contributed by atoms with E-state index >= 15 is 0 Å². The summed E-state index contributed by atoms with van der Waals surface area (Å²) in [6.07, 6.45) is 4.25. The van der Waals surface area contributed by atoms with Gasteiger partial charge in [-0.3, -0.25) is 0 Å². The van der Waals surface area contributed by atoms with Crippen molar-refractivity contribution in [2.24, 2.45) is 0 Å². The Hall–Kier alpha value is -2.11. The first-order valence-corrected chi connectivity index (χ1v) is 6.66. The monoisotopic (exact) mass is 278 g/mol. The van der Waals surface area contributed by atoms with Crippen LogP contribution >= 0.6 is 0 Å². The molecule has 4 N–H and O–H groups in total. The molecule has 1 aliphatic carbocycles. The molecule has 1 aliphatic rings. The zero-order chi connectivity index (χ0) is 14.3. The number of benzene rings is 1. The fourth-order valence-corrected chi connectivity index (χ4v) is 2.81. The van der Waals surface area contributed by atoms with E-state index in [4.69, 9.17) is 11.6 Å². The van der Waals surface area contributed by atoms with Crippen LogP contribution < -0.4 is 11.6 Å². The number of aromatic nitrogens is 2. The summed E-state index contributed by atoms with van der Waals surface area (Å²) in [5, 5.41) is 0. The van der Waals surface area contributed by atoms with Crippen molar-refractivity contribution in [1.82, 2.24) is 9.66 Å². The molecule has 0 amide bonds. The molecule has 1 saturated carbocycles. The molecule has 6 heteroatoms. The average molecular weight is 278 g/mol. The Morgan fingerprint density at radius 2 is 1.90 bits per heavy atom. The molecular formula is C14H16F2N4.